The molecule has 2 aromatic heterocycles. The first-order chi connectivity index (χ1) is 11.1. The van der Waals surface area contributed by atoms with Crippen molar-refractivity contribution in [3.8, 4) is 0 Å². The van der Waals surface area contributed by atoms with E-state index >= 15 is 0 Å². The lowest BCUT2D eigenvalue weighted by atomic mass is 9.95. The largest absolute Gasteiger partial charge is 0.467 e. The van der Waals surface area contributed by atoms with Gasteiger partial charge in [0.1, 0.15) is 5.76 Å². The molecule has 0 saturated carbocycles. The van der Waals surface area contributed by atoms with E-state index in [0.717, 1.165) is 17.1 Å². The summed E-state index contributed by atoms with van der Waals surface area (Å²) in [5.74, 6) is 0.614. The van der Waals surface area contributed by atoms with Gasteiger partial charge in [0.15, 0.2) is 0 Å². The molecular weight excluding hydrogens is 312 g/mol. The average Bonchev–Trinajstić information content (AvgIpc) is 3.22. The number of likely N-dealkylation sites (tertiary alicyclic amines) is 1. The summed E-state index contributed by atoms with van der Waals surface area (Å²) in [6.07, 6.45) is 2.64. The topological polar surface area (TPSA) is 53.8 Å². The Morgan fingerprint density at radius 1 is 1.39 bits per heavy atom. The van der Waals surface area contributed by atoms with Crippen LogP contribution in [-0.2, 0) is 22.7 Å². The first-order valence-corrected chi connectivity index (χ1v) is 8.59. The number of carbonyl (C=O) groups is 2. The standard InChI is InChI=1S/C17H20N2O3S/c1-18-7-6-13(10-16(18)20)17(21)19(11-14-4-2-8-22-14)12-15-5-3-9-23-15/h2-5,8-9,13H,6-7,10-12H2,1H3. The molecule has 0 N–H and O–H groups in total. The lowest BCUT2D eigenvalue weighted by Gasteiger charge is -2.31. The molecule has 5 nitrogen and oxygen atoms in total. The van der Waals surface area contributed by atoms with Crippen molar-refractivity contribution in [2.24, 2.45) is 5.92 Å². The summed E-state index contributed by atoms with van der Waals surface area (Å²) >= 11 is 1.63. The molecule has 2 aromatic rings. The molecule has 3 rings (SSSR count). The summed E-state index contributed by atoms with van der Waals surface area (Å²) in [5.41, 5.74) is 0. The molecule has 1 unspecified atom stereocenters. The molecule has 0 spiro atoms. The molecule has 1 atom stereocenters. The van der Waals surface area contributed by atoms with E-state index in [1.165, 1.54) is 0 Å². The van der Waals surface area contributed by atoms with Gasteiger partial charge in [-0.25, -0.2) is 0 Å². The smallest absolute Gasteiger partial charge is 0.227 e. The number of rotatable bonds is 5. The lowest BCUT2D eigenvalue weighted by molar-refractivity contribution is -0.145. The number of amides is 2. The van der Waals surface area contributed by atoms with E-state index in [2.05, 4.69) is 0 Å². The third kappa shape index (κ3) is 3.82. The Morgan fingerprint density at radius 3 is 2.91 bits per heavy atom. The third-order valence-electron chi connectivity index (χ3n) is 4.17. The van der Waals surface area contributed by atoms with Crippen LogP contribution in [0.25, 0.3) is 0 Å². The molecule has 1 fully saturated rings. The number of furan rings is 1. The van der Waals surface area contributed by atoms with Crippen molar-refractivity contribution in [1.29, 1.82) is 0 Å². The molecule has 0 aliphatic carbocycles. The van der Waals surface area contributed by atoms with Crippen LogP contribution in [0.3, 0.4) is 0 Å². The highest BCUT2D eigenvalue weighted by atomic mass is 32.1. The lowest BCUT2D eigenvalue weighted by Crippen LogP contribution is -2.43. The van der Waals surface area contributed by atoms with Crippen LogP contribution < -0.4 is 0 Å². The summed E-state index contributed by atoms with van der Waals surface area (Å²) in [7, 11) is 1.79. The predicted octanol–water partition coefficient (Wildman–Crippen LogP) is 2.74. The van der Waals surface area contributed by atoms with Gasteiger partial charge in [-0.1, -0.05) is 6.07 Å². The Balaban J connectivity index is 1.73. The average molecular weight is 332 g/mol. The quantitative estimate of drug-likeness (QED) is 0.846. The van der Waals surface area contributed by atoms with Crippen LogP contribution >= 0.6 is 11.3 Å². The second kappa shape index (κ2) is 7.00. The van der Waals surface area contributed by atoms with Crippen LogP contribution in [0.1, 0.15) is 23.5 Å². The van der Waals surface area contributed by atoms with Gasteiger partial charge in [-0.05, 0) is 30.0 Å². The van der Waals surface area contributed by atoms with E-state index in [1.54, 1.807) is 34.4 Å². The first-order valence-electron chi connectivity index (χ1n) is 7.71. The van der Waals surface area contributed by atoms with Crippen molar-refractivity contribution in [3.63, 3.8) is 0 Å². The fourth-order valence-corrected chi connectivity index (χ4v) is 3.52. The minimum Gasteiger partial charge on any atom is -0.467 e. The number of piperidine rings is 1. The second-order valence-corrected chi connectivity index (χ2v) is 6.89. The van der Waals surface area contributed by atoms with Crippen molar-refractivity contribution in [1.82, 2.24) is 9.80 Å². The molecule has 122 valence electrons. The van der Waals surface area contributed by atoms with Gasteiger partial charge in [0, 0.05) is 30.8 Å². The highest BCUT2D eigenvalue weighted by molar-refractivity contribution is 7.09. The minimum atomic E-state index is -0.228. The summed E-state index contributed by atoms with van der Waals surface area (Å²) in [4.78, 5) is 29.4. The molecule has 3 heterocycles. The van der Waals surface area contributed by atoms with Crippen molar-refractivity contribution in [3.05, 3.63) is 46.5 Å². The predicted molar refractivity (Wildman–Crippen MR) is 87.6 cm³/mol. The van der Waals surface area contributed by atoms with Crippen molar-refractivity contribution in [2.45, 2.75) is 25.9 Å². The zero-order valence-electron chi connectivity index (χ0n) is 13.1. The van der Waals surface area contributed by atoms with E-state index in [9.17, 15) is 9.59 Å². The highest BCUT2D eigenvalue weighted by Crippen LogP contribution is 2.23. The maximum Gasteiger partial charge on any atom is 0.227 e. The van der Waals surface area contributed by atoms with Crippen LogP contribution in [0.15, 0.2) is 40.3 Å². The Labute approximate surface area is 139 Å². The zero-order chi connectivity index (χ0) is 16.2. The van der Waals surface area contributed by atoms with Crippen LogP contribution in [-0.4, -0.2) is 35.2 Å². The monoisotopic (exact) mass is 332 g/mol. The van der Waals surface area contributed by atoms with Crippen LogP contribution in [0, 0.1) is 5.92 Å². The second-order valence-electron chi connectivity index (χ2n) is 5.86. The maximum absolute atomic E-state index is 12.9. The number of thiophene rings is 1. The minimum absolute atomic E-state index is 0.0382. The van der Waals surface area contributed by atoms with Gasteiger partial charge in [-0.3, -0.25) is 9.59 Å². The zero-order valence-corrected chi connectivity index (χ0v) is 13.9. The van der Waals surface area contributed by atoms with Gasteiger partial charge < -0.3 is 14.2 Å². The van der Waals surface area contributed by atoms with E-state index in [0.29, 0.717) is 26.1 Å². The molecule has 0 radical (unpaired) electrons. The Hall–Kier alpha value is -2.08. The molecule has 6 heteroatoms. The van der Waals surface area contributed by atoms with Crippen LogP contribution in [0.5, 0.6) is 0 Å². The van der Waals surface area contributed by atoms with Gasteiger partial charge in [-0.15, -0.1) is 11.3 Å². The molecule has 23 heavy (non-hydrogen) atoms. The molecule has 2 amide bonds. The van der Waals surface area contributed by atoms with E-state index in [4.69, 9.17) is 4.42 Å². The van der Waals surface area contributed by atoms with Gasteiger partial charge in [0.05, 0.1) is 19.4 Å². The normalized spacial score (nSPS) is 18.2. The Kier molecular flexibility index (Phi) is 4.81. The van der Waals surface area contributed by atoms with Crippen LogP contribution in [0.2, 0.25) is 0 Å². The van der Waals surface area contributed by atoms with E-state index in [1.807, 2.05) is 29.6 Å². The Morgan fingerprint density at radius 2 is 2.26 bits per heavy atom. The number of hydrogen-bond donors (Lipinski definition) is 0. The van der Waals surface area contributed by atoms with E-state index < -0.39 is 0 Å². The molecule has 1 aliphatic rings. The van der Waals surface area contributed by atoms with Crippen LogP contribution in [0.4, 0.5) is 0 Å². The SMILES string of the molecule is CN1CCC(C(=O)N(Cc2ccco2)Cc2cccs2)CC1=O. The molecular formula is C17H20N2O3S. The first kappa shape index (κ1) is 15.8. The number of nitrogens with zero attached hydrogens (tertiary/aromatic N) is 2. The molecule has 1 saturated heterocycles. The Bertz CT molecular complexity index is 615. The number of hydrogen-bond acceptors (Lipinski definition) is 4. The molecule has 0 aromatic carbocycles. The maximum atomic E-state index is 12.9. The highest BCUT2D eigenvalue weighted by Gasteiger charge is 2.32. The fourth-order valence-electron chi connectivity index (χ4n) is 2.80. The van der Waals surface area contributed by atoms with Crippen molar-refractivity contribution < 1.29 is 14.0 Å². The summed E-state index contributed by atoms with van der Waals surface area (Å²) in [6.45, 7) is 1.63. The summed E-state index contributed by atoms with van der Waals surface area (Å²) in [6, 6.07) is 7.69. The number of carbonyl (C=O) groups excluding carboxylic acids is 2. The van der Waals surface area contributed by atoms with Gasteiger partial charge in [0.2, 0.25) is 11.8 Å². The molecule has 1 aliphatic heterocycles. The van der Waals surface area contributed by atoms with Gasteiger partial charge >= 0.3 is 0 Å². The van der Waals surface area contributed by atoms with E-state index in [-0.39, 0.29) is 17.7 Å². The fraction of sp³-hybridized carbons (Fsp3) is 0.412. The van der Waals surface area contributed by atoms with Crippen molar-refractivity contribution in [2.75, 3.05) is 13.6 Å². The van der Waals surface area contributed by atoms with Gasteiger partial charge in [0.25, 0.3) is 0 Å². The van der Waals surface area contributed by atoms with Crippen molar-refractivity contribution >= 4 is 23.2 Å². The van der Waals surface area contributed by atoms with Gasteiger partial charge in [-0.2, -0.15) is 0 Å². The third-order valence-corrected chi connectivity index (χ3v) is 5.04. The summed E-state index contributed by atoms with van der Waals surface area (Å²) < 4.78 is 5.39. The molecule has 0 bridgehead atoms. The summed E-state index contributed by atoms with van der Waals surface area (Å²) in [5, 5.41) is 2.00.